The van der Waals surface area contributed by atoms with Gasteiger partial charge in [-0.15, -0.1) is 0 Å². The van der Waals surface area contributed by atoms with Crippen molar-refractivity contribution in [3.63, 3.8) is 0 Å². The van der Waals surface area contributed by atoms with Gasteiger partial charge in [0.15, 0.2) is 11.5 Å². The summed E-state index contributed by atoms with van der Waals surface area (Å²) in [6, 6.07) is 4.16. The van der Waals surface area contributed by atoms with Gasteiger partial charge in [0, 0.05) is 6.92 Å². The van der Waals surface area contributed by atoms with E-state index in [1.807, 2.05) is 12.1 Å². The number of amides is 1. The lowest BCUT2D eigenvalue weighted by molar-refractivity contribution is -0.120. The van der Waals surface area contributed by atoms with Gasteiger partial charge in [0.2, 0.25) is 5.91 Å². The number of methoxy groups -OCH3 is 2. The van der Waals surface area contributed by atoms with Gasteiger partial charge >= 0.3 is 0 Å². The molecule has 0 spiro atoms. The molecule has 1 aliphatic carbocycles. The molecular formula is C15H22N2O3. The second-order valence-electron chi connectivity index (χ2n) is 5.03. The molecular weight excluding hydrogens is 256 g/mol. The van der Waals surface area contributed by atoms with Crippen molar-refractivity contribution >= 4 is 5.91 Å². The summed E-state index contributed by atoms with van der Waals surface area (Å²) in [6.07, 6.45) is 4.27. The summed E-state index contributed by atoms with van der Waals surface area (Å²) >= 11 is 0. The molecule has 20 heavy (non-hydrogen) atoms. The third-order valence-corrected chi connectivity index (χ3v) is 3.63. The van der Waals surface area contributed by atoms with Gasteiger partial charge in [0.05, 0.1) is 20.3 Å². The zero-order valence-corrected chi connectivity index (χ0v) is 12.3. The van der Waals surface area contributed by atoms with Crippen LogP contribution in [0.4, 0.5) is 0 Å². The predicted molar refractivity (Wildman–Crippen MR) is 76.8 cm³/mol. The largest absolute Gasteiger partial charge is 0.493 e. The summed E-state index contributed by atoms with van der Waals surface area (Å²) < 4.78 is 10.7. The van der Waals surface area contributed by atoms with Crippen LogP contribution in [0.2, 0.25) is 0 Å². The zero-order valence-electron chi connectivity index (χ0n) is 12.3. The lowest BCUT2D eigenvalue weighted by Crippen LogP contribution is -2.38. The predicted octanol–water partition coefficient (Wildman–Crippen LogP) is 2.11. The van der Waals surface area contributed by atoms with Crippen molar-refractivity contribution in [2.24, 2.45) is 0 Å². The number of hydrogen-bond acceptors (Lipinski definition) is 4. The molecule has 5 nitrogen and oxygen atoms in total. The molecule has 2 N–H and O–H groups in total. The summed E-state index contributed by atoms with van der Waals surface area (Å²) in [5, 5.41) is 0. The molecule has 1 aliphatic rings. The van der Waals surface area contributed by atoms with Gasteiger partial charge in [0.1, 0.15) is 0 Å². The first-order chi connectivity index (χ1) is 9.65. The molecule has 2 rings (SSSR count). The van der Waals surface area contributed by atoms with Crippen LogP contribution in [0.3, 0.4) is 0 Å². The summed E-state index contributed by atoms with van der Waals surface area (Å²) in [4.78, 5) is 11.1. The first kappa shape index (κ1) is 14.7. The Morgan fingerprint density at radius 1 is 1.20 bits per heavy atom. The lowest BCUT2D eigenvalue weighted by atomic mass is 9.98. The second kappa shape index (κ2) is 6.61. The van der Waals surface area contributed by atoms with E-state index in [0.29, 0.717) is 0 Å². The van der Waals surface area contributed by atoms with Crippen LogP contribution >= 0.6 is 0 Å². The Bertz CT molecular complexity index is 488. The van der Waals surface area contributed by atoms with Crippen molar-refractivity contribution in [2.75, 3.05) is 14.2 Å². The standard InChI is InChI=1S/C15H22N2O3/c1-10(18)16-17-13-7-5-4-6-11-8-14(19-2)15(20-3)9-12(11)13/h8-9,13,17H,4-7H2,1-3H3,(H,16,18). The summed E-state index contributed by atoms with van der Waals surface area (Å²) in [5.41, 5.74) is 8.23. The van der Waals surface area contributed by atoms with E-state index in [4.69, 9.17) is 9.47 Å². The Labute approximate surface area is 119 Å². The van der Waals surface area contributed by atoms with E-state index in [0.717, 1.165) is 37.2 Å². The summed E-state index contributed by atoms with van der Waals surface area (Å²) in [5.74, 6) is 1.39. The van der Waals surface area contributed by atoms with Crippen molar-refractivity contribution in [3.05, 3.63) is 23.3 Å². The van der Waals surface area contributed by atoms with Crippen molar-refractivity contribution < 1.29 is 14.3 Å². The van der Waals surface area contributed by atoms with E-state index in [1.54, 1.807) is 14.2 Å². The molecule has 1 aromatic rings. The van der Waals surface area contributed by atoms with Crippen molar-refractivity contribution in [1.82, 2.24) is 10.9 Å². The molecule has 1 aromatic carbocycles. The Kier molecular flexibility index (Phi) is 4.84. The first-order valence-corrected chi connectivity index (χ1v) is 6.92. The molecule has 0 aliphatic heterocycles. The molecule has 110 valence electrons. The summed E-state index contributed by atoms with van der Waals surface area (Å²) in [6.45, 7) is 1.50. The van der Waals surface area contributed by atoms with Gasteiger partial charge in [-0.2, -0.15) is 0 Å². The molecule has 0 saturated carbocycles. The molecule has 1 atom stereocenters. The molecule has 0 aromatic heterocycles. The Morgan fingerprint density at radius 3 is 2.55 bits per heavy atom. The van der Waals surface area contributed by atoms with Crippen molar-refractivity contribution in [1.29, 1.82) is 0 Å². The summed E-state index contributed by atoms with van der Waals surface area (Å²) in [7, 11) is 3.28. The number of nitrogens with one attached hydrogen (secondary N) is 2. The highest BCUT2D eigenvalue weighted by atomic mass is 16.5. The van der Waals surface area contributed by atoms with Gasteiger partial charge in [-0.1, -0.05) is 6.42 Å². The fraction of sp³-hybridized carbons (Fsp3) is 0.533. The van der Waals surface area contributed by atoms with Crippen LogP contribution in [-0.2, 0) is 11.2 Å². The minimum Gasteiger partial charge on any atom is -0.493 e. The van der Waals surface area contributed by atoms with Crippen molar-refractivity contribution in [2.45, 2.75) is 38.6 Å². The Hall–Kier alpha value is -1.75. The molecule has 1 unspecified atom stereocenters. The number of benzene rings is 1. The number of hydrazine groups is 1. The number of rotatable bonds is 4. The maximum Gasteiger partial charge on any atom is 0.230 e. The molecule has 0 bridgehead atoms. The minimum atomic E-state index is -0.0868. The van der Waals surface area contributed by atoms with Gasteiger partial charge in [-0.05, 0) is 42.5 Å². The zero-order chi connectivity index (χ0) is 14.5. The van der Waals surface area contributed by atoms with Gasteiger partial charge in [-0.3, -0.25) is 10.2 Å². The van der Waals surface area contributed by atoms with Crippen LogP contribution in [0.5, 0.6) is 11.5 Å². The number of hydrogen-bond donors (Lipinski definition) is 2. The number of fused-ring (bicyclic) bond motifs is 1. The van der Waals surface area contributed by atoms with Crippen LogP contribution < -0.4 is 20.3 Å². The van der Waals surface area contributed by atoms with Crippen LogP contribution in [0.1, 0.15) is 43.4 Å². The number of carbonyl (C=O) groups excluding carboxylic acids is 1. The third-order valence-electron chi connectivity index (χ3n) is 3.63. The van der Waals surface area contributed by atoms with Crippen LogP contribution in [0.25, 0.3) is 0 Å². The molecule has 0 saturated heterocycles. The molecule has 0 heterocycles. The third kappa shape index (κ3) is 3.22. The smallest absolute Gasteiger partial charge is 0.230 e. The van der Waals surface area contributed by atoms with E-state index >= 15 is 0 Å². The van der Waals surface area contributed by atoms with Gasteiger partial charge in [-0.25, -0.2) is 5.43 Å². The molecule has 0 fully saturated rings. The molecule has 5 heteroatoms. The lowest BCUT2D eigenvalue weighted by Gasteiger charge is -2.21. The maximum atomic E-state index is 11.1. The molecule has 0 radical (unpaired) electrons. The SMILES string of the molecule is COc1cc2c(cc1OC)C(NNC(C)=O)CCCC2. The number of carbonyl (C=O) groups is 1. The molecule has 1 amide bonds. The Balaban J connectivity index is 2.33. The van der Waals surface area contributed by atoms with Gasteiger partial charge < -0.3 is 9.47 Å². The highest BCUT2D eigenvalue weighted by molar-refractivity contribution is 5.72. The van der Waals surface area contributed by atoms with E-state index in [-0.39, 0.29) is 11.9 Å². The first-order valence-electron chi connectivity index (χ1n) is 6.92. The van der Waals surface area contributed by atoms with Gasteiger partial charge in [0.25, 0.3) is 0 Å². The van der Waals surface area contributed by atoms with E-state index in [9.17, 15) is 4.79 Å². The highest BCUT2D eigenvalue weighted by Crippen LogP contribution is 2.37. The fourth-order valence-electron chi connectivity index (χ4n) is 2.64. The average molecular weight is 278 g/mol. The normalized spacial score (nSPS) is 17.9. The second-order valence-corrected chi connectivity index (χ2v) is 5.03. The fourth-order valence-corrected chi connectivity index (χ4v) is 2.64. The van der Waals surface area contributed by atoms with Crippen molar-refractivity contribution in [3.8, 4) is 11.5 Å². The topological polar surface area (TPSA) is 59.6 Å². The van der Waals surface area contributed by atoms with E-state index in [2.05, 4.69) is 10.9 Å². The minimum absolute atomic E-state index is 0.0868. The van der Waals surface area contributed by atoms with Crippen LogP contribution in [-0.4, -0.2) is 20.1 Å². The number of ether oxygens (including phenoxy) is 2. The maximum absolute atomic E-state index is 11.1. The van der Waals surface area contributed by atoms with Crippen LogP contribution in [0, 0.1) is 0 Å². The van der Waals surface area contributed by atoms with Crippen LogP contribution in [0.15, 0.2) is 12.1 Å². The Morgan fingerprint density at radius 2 is 1.90 bits per heavy atom. The monoisotopic (exact) mass is 278 g/mol. The van der Waals surface area contributed by atoms with E-state index < -0.39 is 0 Å². The highest BCUT2D eigenvalue weighted by Gasteiger charge is 2.21. The number of aryl methyl sites for hydroxylation is 1. The quantitative estimate of drug-likeness (QED) is 0.654. The van der Waals surface area contributed by atoms with E-state index in [1.165, 1.54) is 18.1 Å². The average Bonchev–Trinajstić information content (AvgIpc) is 2.65.